The molecular weight excluding hydrogens is 596 g/mol. The number of benzene rings is 4. The summed E-state index contributed by atoms with van der Waals surface area (Å²) < 4.78 is 39.7. The average Bonchev–Trinajstić information content (AvgIpc) is 2.90. The minimum Gasteiger partial charge on any atom is -0.348 e. The second kappa shape index (κ2) is 12.0. The standard InChI is InChI=1S/C27H22Cl2N3O6PS/c28-21-13-22(29)15-24(14-21)40(37,38)32(10-11-39(34,35)36)23-8-9-25-20(12-23)2-1-3-26(25)27(33)31-17-19-6-4-18(16-30)5-7-19/h1-9,12-15H,10-11,17H2,(H,31,33)(H2,34,35,36). The molecule has 9 nitrogen and oxygen atoms in total. The van der Waals surface area contributed by atoms with Crippen LogP contribution in [0.25, 0.3) is 10.8 Å². The first-order valence-corrected chi connectivity index (χ1v) is 15.7. The Kier molecular flexibility index (Phi) is 8.86. The summed E-state index contributed by atoms with van der Waals surface area (Å²) in [7, 11) is -8.89. The molecule has 0 saturated carbocycles. The normalized spacial score (nSPS) is 11.7. The molecule has 0 aromatic heterocycles. The van der Waals surface area contributed by atoms with E-state index in [1.807, 2.05) is 6.07 Å². The zero-order valence-electron chi connectivity index (χ0n) is 20.7. The molecule has 0 atom stereocenters. The molecule has 0 aliphatic carbocycles. The first-order chi connectivity index (χ1) is 18.9. The highest BCUT2D eigenvalue weighted by molar-refractivity contribution is 7.92. The molecule has 0 spiro atoms. The number of anilines is 1. The van der Waals surface area contributed by atoms with Gasteiger partial charge in [0.1, 0.15) is 0 Å². The van der Waals surface area contributed by atoms with Gasteiger partial charge in [-0.2, -0.15) is 5.26 Å². The largest absolute Gasteiger partial charge is 0.348 e. The van der Waals surface area contributed by atoms with Crippen molar-refractivity contribution < 1.29 is 27.6 Å². The number of hydrogen-bond donors (Lipinski definition) is 3. The number of halogens is 2. The summed E-state index contributed by atoms with van der Waals surface area (Å²) in [6.45, 7) is -0.289. The predicted molar refractivity (Wildman–Crippen MR) is 154 cm³/mol. The van der Waals surface area contributed by atoms with Crippen LogP contribution in [0.1, 0.15) is 21.5 Å². The molecule has 13 heteroatoms. The smallest absolute Gasteiger partial charge is 0.327 e. The lowest BCUT2D eigenvalue weighted by Crippen LogP contribution is -2.33. The van der Waals surface area contributed by atoms with Crippen LogP contribution in [0.3, 0.4) is 0 Å². The third kappa shape index (κ3) is 7.01. The molecule has 4 aromatic carbocycles. The molecule has 0 aliphatic rings. The maximum absolute atomic E-state index is 13.6. The van der Waals surface area contributed by atoms with Crippen LogP contribution in [0, 0.1) is 11.3 Å². The minimum atomic E-state index is -4.55. The van der Waals surface area contributed by atoms with Crippen LogP contribution in [0.5, 0.6) is 0 Å². The maximum Gasteiger partial charge on any atom is 0.327 e. The zero-order valence-corrected chi connectivity index (χ0v) is 23.9. The van der Waals surface area contributed by atoms with E-state index in [1.165, 1.54) is 30.3 Å². The van der Waals surface area contributed by atoms with Crippen LogP contribution in [-0.2, 0) is 21.1 Å². The summed E-state index contributed by atoms with van der Waals surface area (Å²) in [5.41, 5.74) is 1.80. The number of carbonyl (C=O) groups excluding carboxylic acids is 1. The molecule has 0 aliphatic heterocycles. The number of fused-ring (bicyclic) bond motifs is 1. The molecule has 0 unspecified atom stereocenters. The fourth-order valence-electron chi connectivity index (χ4n) is 4.01. The molecule has 1 amide bonds. The fraction of sp³-hybridized carbons (Fsp3) is 0.111. The molecule has 40 heavy (non-hydrogen) atoms. The zero-order chi connectivity index (χ0) is 29.1. The van der Waals surface area contributed by atoms with Gasteiger partial charge in [0.25, 0.3) is 15.9 Å². The lowest BCUT2D eigenvalue weighted by molar-refractivity contribution is 0.0952. The highest BCUT2D eigenvalue weighted by atomic mass is 35.5. The topological polar surface area (TPSA) is 148 Å². The van der Waals surface area contributed by atoms with Crippen LogP contribution in [0.4, 0.5) is 5.69 Å². The second-order valence-electron chi connectivity index (χ2n) is 8.77. The highest BCUT2D eigenvalue weighted by Gasteiger charge is 2.28. The van der Waals surface area contributed by atoms with Gasteiger partial charge in [-0.15, -0.1) is 0 Å². The quantitative estimate of drug-likeness (QED) is 0.215. The van der Waals surface area contributed by atoms with Crippen molar-refractivity contribution in [2.45, 2.75) is 11.4 Å². The number of nitrogens with one attached hydrogen (secondary N) is 1. The molecule has 206 valence electrons. The van der Waals surface area contributed by atoms with Crippen molar-refractivity contribution in [3.8, 4) is 6.07 Å². The molecule has 0 saturated heterocycles. The Bertz CT molecular complexity index is 1770. The minimum absolute atomic E-state index is 0.0798. The summed E-state index contributed by atoms with van der Waals surface area (Å²) in [6, 6.07) is 22.1. The number of nitriles is 1. The monoisotopic (exact) mass is 617 g/mol. The van der Waals surface area contributed by atoms with E-state index in [4.69, 9.17) is 28.5 Å². The van der Waals surface area contributed by atoms with Crippen molar-refractivity contribution >= 4 is 63.2 Å². The summed E-state index contributed by atoms with van der Waals surface area (Å²) >= 11 is 12.0. The van der Waals surface area contributed by atoms with Gasteiger partial charge in [-0.1, -0.05) is 53.5 Å². The number of carbonyl (C=O) groups is 1. The fourth-order valence-corrected chi connectivity index (χ4v) is 6.79. The number of sulfonamides is 1. The molecule has 4 rings (SSSR count). The number of amides is 1. The number of hydrogen-bond acceptors (Lipinski definition) is 5. The van der Waals surface area contributed by atoms with Crippen LogP contribution >= 0.6 is 30.8 Å². The molecular formula is C27H22Cl2N3O6PS. The first-order valence-electron chi connectivity index (χ1n) is 11.7. The van der Waals surface area contributed by atoms with E-state index in [0.717, 1.165) is 9.87 Å². The lowest BCUT2D eigenvalue weighted by Gasteiger charge is -2.25. The Balaban J connectivity index is 1.68. The molecule has 0 radical (unpaired) electrons. The summed E-state index contributed by atoms with van der Waals surface area (Å²) in [6.07, 6.45) is -0.726. The van der Waals surface area contributed by atoms with E-state index >= 15 is 0 Å². The van der Waals surface area contributed by atoms with Crippen LogP contribution in [0.15, 0.2) is 83.8 Å². The summed E-state index contributed by atoms with van der Waals surface area (Å²) in [5.74, 6) is -0.359. The molecule has 0 fully saturated rings. The van der Waals surface area contributed by atoms with Gasteiger partial charge in [-0.05, 0) is 64.9 Å². The SMILES string of the molecule is N#Cc1ccc(CNC(=O)c2cccc3cc(N(CCP(=O)(O)O)S(=O)(=O)c4cc(Cl)cc(Cl)c4)ccc23)cc1. The van der Waals surface area contributed by atoms with E-state index in [0.29, 0.717) is 21.9 Å². The van der Waals surface area contributed by atoms with Crippen molar-refractivity contribution in [2.24, 2.45) is 0 Å². The lowest BCUT2D eigenvalue weighted by atomic mass is 10.0. The molecule has 0 bridgehead atoms. The molecule has 0 heterocycles. The van der Waals surface area contributed by atoms with E-state index in [2.05, 4.69) is 5.32 Å². The van der Waals surface area contributed by atoms with Gasteiger partial charge in [0.15, 0.2) is 0 Å². The van der Waals surface area contributed by atoms with Crippen molar-refractivity contribution in [3.05, 3.63) is 106 Å². The summed E-state index contributed by atoms with van der Waals surface area (Å²) in [4.78, 5) is 31.7. The van der Waals surface area contributed by atoms with Crippen LogP contribution in [0.2, 0.25) is 10.0 Å². The van der Waals surface area contributed by atoms with Crippen LogP contribution < -0.4 is 9.62 Å². The van der Waals surface area contributed by atoms with E-state index < -0.39 is 30.3 Å². The van der Waals surface area contributed by atoms with Gasteiger partial charge in [0, 0.05) is 28.7 Å². The van der Waals surface area contributed by atoms with Crippen LogP contribution in [-0.4, -0.2) is 36.8 Å². The van der Waals surface area contributed by atoms with Gasteiger partial charge in [-0.25, -0.2) is 8.42 Å². The van der Waals surface area contributed by atoms with Crippen molar-refractivity contribution in [2.75, 3.05) is 17.0 Å². The Labute approximate surface area is 240 Å². The Hall–Kier alpha value is -3.42. The Morgan fingerprint density at radius 2 is 1.65 bits per heavy atom. The summed E-state index contributed by atoms with van der Waals surface area (Å²) in [5, 5.41) is 13.0. The number of nitrogens with zero attached hydrogens (tertiary/aromatic N) is 2. The number of rotatable bonds is 9. The van der Waals surface area contributed by atoms with Crippen molar-refractivity contribution in [3.63, 3.8) is 0 Å². The van der Waals surface area contributed by atoms with Crippen molar-refractivity contribution in [1.82, 2.24) is 5.32 Å². The van der Waals surface area contributed by atoms with E-state index in [1.54, 1.807) is 48.5 Å². The van der Waals surface area contributed by atoms with E-state index in [9.17, 15) is 27.6 Å². The van der Waals surface area contributed by atoms with Gasteiger partial charge in [-0.3, -0.25) is 13.7 Å². The maximum atomic E-state index is 13.6. The average molecular weight is 618 g/mol. The molecule has 4 aromatic rings. The second-order valence-corrected chi connectivity index (χ2v) is 13.3. The predicted octanol–water partition coefficient (Wildman–Crippen LogP) is 5.32. The highest BCUT2D eigenvalue weighted by Crippen LogP contribution is 2.37. The first kappa shape index (κ1) is 29.6. The van der Waals surface area contributed by atoms with Gasteiger partial charge < -0.3 is 15.1 Å². The van der Waals surface area contributed by atoms with Gasteiger partial charge in [0.2, 0.25) is 0 Å². The molecule has 3 N–H and O–H groups in total. The van der Waals surface area contributed by atoms with E-state index in [-0.39, 0.29) is 33.1 Å². The third-order valence-electron chi connectivity index (χ3n) is 5.95. The van der Waals surface area contributed by atoms with Gasteiger partial charge in [0.05, 0.1) is 28.4 Å². The Morgan fingerprint density at radius 3 is 2.27 bits per heavy atom. The Morgan fingerprint density at radius 1 is 0.975 bits per heavy atom. The van der Waals surface area contributed by atoms with Crippen molar-refractivity contribution in [1.29, 1.82) is 5.26 Å². The van der Waals surface area contributed by atoms with Gasteiger partial charge >= 0.3 is 7.60 Å². The third-order valence-corrected chi connectivity index (χ3v) is 8.98.